The molecule has 3 aromatic rings. The monoisotopic (exact) mass is 668 g/mol. The molecule has 0 aliphatic heterocycles. The number of carbonyl (C=O) groups is 4. The summed E-state index contributed by atoms with van der Waals surface area (Å²) >= 11 is 1.28. The highest BCUT2D eigenvalue weighted by atomic mass is 32.1. The molecule has 0 aliphatic rings. The van der Waals surface area contributed by atoms with E-state index in [0.29, 0.717) is 29.0 Å². The largest absolute Gasteiger partial charge is 0.355 e. The Kier molecular flexibility index (Phi) is 14.4. The Bertz CT molecular complexity index is 1680. The minimum atomic E-state index is -0.678. The maximum Gasteiger partial charge on any atom is 0.251 e. The molecule has 0 saturated carbocycles. The highest BCUT2D eigenvalue weighted by Gasteiger charge is 2.26. The van der Waals surface area contributed by atoms with Crippen molar-refractivity contribution in [2.24, 2.45) is 5.92 Å². The predicted octanol–water partition coefficient (Wildman–Crippen LogP) is 4.54. The van der Waals surface area contributed by atoms with Crippen LogP contribution in [0.15, 0.2) is 60.0 Å². The Morgan fingerprint density at radius 1 is 0.875 bits per heavy atom. The maximum absolute atomic E-state index is 13.7. The molecule has 11 heteroatoms. The van der Waals surface area contributed by atoms with Crippen molar-refractivity contribution in [3.8, 4) is 29.0 Å². The molecule has 4 atom stereocenters. The lowest BCUT2D eigenvalue weighted by Crippen LogP contribution is -2.55. The Balaban J connectivity index is 1.82. The number of amides is 4. The third-order valence-corrected chi connectivity index (χ3v) is 8.52. The molecule has 2 aromatic carbocycles. The summed E-state index contributed by atoms with van der Waals surface area (Å²) in [4.78, 5) is 53.1. The molecule has 48 heavy (non-hydrogen) atoms. The number of likely N-dealkylation sites (N-methyl/N-ethyl adjacent to an activating group) is 1. The lowest BCUT2D eigenvalue weighted by molar-refractivity contribution is -0.130. The van der Waals surface area contributed by atoms with Crippen molar-refractivity contribution < 1.29 is 19.2 Å². The maximum atomic E-state index is 13.7. The Morgan fingerprint density at radius 3 is 2.15 bits per heavy atom. The molecule has 0 saturated heterocycles. The number of nitrogens with zero attached hydrogens (tertiary/aromatic N) is 1. The van der Waals surface area contributed by atoms with Crippen LogP contribution >= 0.6 is 11.3 Å². The number of benzene rings is 2. The molecular formula is C37H44N6O4S. The lowest BCUT2D eigenvalue weighted by Gasteiger charge is -2.25. The second-order valence-corrected chi connectivity index (χ2v) is 12.7. The fourth-order valence-electron chi connectivity index (χ4n) is 4.95. The molecular weight excluding hydrogens is 625 g/mol. The van der Waals surface area contributed by atoms with Gasteiger partial charge >= 0.3 is 0 Å². The molecule has 0 spiro atoms. The summed E-state index contributed by atoms with van der Waals surface area (Å²) in [6.45, 7) is 11.5. The van der Waals surface area contributed by atoms with Crippen molar-refractivity contribution >= 4 is 35.0 Å². The third kappa shape index (κ3) is 10.5. The highest BCUT2D eigenvalue weighted by molar-refractivity contribution is 7.11. The average Bonchev–Trinajstić information content (AvgIpc) is 3.57. The highest BCUT2D eigenvalue weighted by Crippen LogP contribution is 2.30. The topological polar surface area (TPSA) is 152 Å². The van der Waals surface area contributed by atoms with Gasteiger partial charge in [0, 0.05) is 36.2 Å². The summed E-state index contributed by atoms with van der Waals surface area (Å²) in [6.07, 6.45) is 0.307. The van der Waals surface area contributed by atoms with E-state index in [1.54, 1.807) is 37.4 Å². The fraction of sp³-hybridized carbons (Fsp3) is 0.378. The number of nitrogens with one attached hydrogen (secondary N) is 5. The van der Waals surface area contributed by atoms with E-state index in [1.807, 2.05) is 58.0 Å². The van der Waals surface area contributed by atoms with Gasteiger partial charge in [0.25, 0.3) is 11.8 Å². The molecule has 0 bridgehead atoms. The van der Waals surface area contributed by atoms with E-state index in [-0.39, 0.29) is 47.4 Å². The second-order valence-electron chi connectivity index (χ2n) is 11.7. The lowest BCUT2D eigenvalue weighted by atomic mass is 9.98. The van der Waals surface area contributed by atoms with E-state index in [2.05, 4.69) is 44.5 Å². The zero-order valence-corrected chi connectivity index (χ0v) is 29.1. The van der Waals surface area contributed by atoms with Crippen LogP contribution in [0.4, 0.5) is 0 Å². The molecule has 0 radical (unpaired) electrons. The van der Waals surface area contributed by atoms with Gasteiger partial charge in [0.1, 0.15) is 17.0 Å². The average molecular weight is 669 g/mol. The molecule has 10 nitrogen and oxygen atoms in total. The molecule has 0 aliphatic carbocycles. The van der Waals surface area contributed by atoms with Crippen LogP contribution in [0.3, 0.4) is 0 Å². The first-order valence-corrected chi connectivity index (χ1v) is 16.9. The number of carbonyl (C=O) groups excluding carboxylic acids is 4. The van der Waals surface area contributed by atoms with Crippen molar-refractivity contribution in [2.45, 2.75) is 72.1 Å². The van der Waals surface area contributed by atoms with Gasteiger partial charge in [0.2, 0.25) is 11.8 Å². The zero-order valence-electron chi connectivity index (χ0n) is 28.3. The quantitative estimate of drug-likeness (QED) is 0.150. The molecule has 0 unspecified atom stereocenters. The molecule has 3 rings (SSSR count). The molecule has 0 fully saturated rings. The minimum Gasteiger partial charge on any atom is -0.355 e. The van der Waals surface area contributed by atoms with Crippen molar-refractivity contribution in [1.82, 2.24) is 26.6 Å². The van der Waals surface area contributed by atoms with Crippen LogP contribution in [0.5, 0.6) is 0 Å². The van der Waals surface area contributed by atoms with Gasteiger partial charge < -0.3 is 26.6 Å². The predicted molar refractivity (Wildman–Crippen MR) is 189 cm³/mol. The minimum absolute atomic E-state index is 0.109. The number of rotatable bonds is 15. The van der Waals surface area contributed by atoms with Crippen LogP contribution in [0.2, 0.25) is 0 Å². The van der Waals surface area contributed by atoms with E-state index in [0.717, 1.165) is 5.56 Å². The van der Waals surface area contributed by atoms with Crippen molar-refractivity contribution in [1.29, 1.82) is 5.26 Å². The van der Waals surface area contributed by atoms with E-state index < -0.39 is 24.0 Å². The SMILES string of the molecule is CC#CC[C@@H](CN[C@@H](C)C(=O)N[C@H](C(=O)NCC)C(C)C)NC(=O)c1cc(C(=O)N[C@H](C)c2ccccc2)cc(-c2ccsc2C#N)c1. The van der Waals surface area contributed by atoms with Crippen molar-refractivity contribution in [3.63, 3.8) is 0 Å². The van der Waals surface area contributed by atoms with E-state index in [1.165, 1.54) is 17.4 Å². The second kappa shape index (κ2) is 18.4. The summed E-state index contributed by atoms with van der Waals surface area (Å²) in [7, 11) is 0. The molecule has 5 N–H and O–H groups in total. The Labute approximate surface area is 287 Å². The summed E-state index contributed by atoms with van der Waals surface area (Å²) in [5, 5.41) is 26.2. The van der Waals surface area contributed by atoms with Crippen LogP contribution in [0.1, 0.15) is 85.2 Å². The van der Waals surface area contributed by atoms with Gasteiger partial charge in [-0.05, 0) is 74.4 Å². The van der Waals surface area contributed by atoms with Crippen LogP contribution in [-0.2, 0) is 9.59 Å². The summed E-state index contributed by atoms with van der Waals surface area (Å²) < 4.78 is 0. The van der Waals surface area contributed by atoms with Gasteiger partial charge in [0.15, 0.2) is 0 Å². The first-order valence-electron chi connectivity index (χ1n) is 16.0. The summed E-state index contributed by atoms with van der Waals surface area (Å²) in [5.41, 5.74) is 2.64. The van der Waals surface area contributed by atoms with Gasteiger partial charge in [-0.25, -0.2) is 0 Å². The number of hydrogen-bond acceptors (Lipinski definition) is 7. The Hall–Kier alpha value is -4.97. The van der Waals surface area contributed by atoms with Crippen molar-refractivity contribution in [3.05, 3.63) is 81.5 Å². The standard InChI is InChI=1S/C37H44N6O4S/c1-7-9-15-30(22-40-25(6)34(44)43-33(23(3)4)37(47)39-8-2)42-36(46)29-19-27(31-16-17-48-32(31)21-38)18-28(20-29)35(45)41-24(5)26-13-11-10-12-14-26/h10-14,16-20,23-25,30,33,40H,8,15,22H2,1-6H3,(H,39,47)(H,41,45)(H,42,46)(H,43,44)/t24-,25+,30+,33+/m1/s1. The summed E-state index contributed by atoms with van der Waals surface area (Å²) in [5.74, 6) is 4.34. The smallest absolute Gasteiger partial charge is 0.251 e. The summed E-state index contributed by atoms with van der Waals surface area (Å²) in [6, 6.07) is 16.3. The molecule has 1 heterocycles. The number of hydrogen-bond donors (Lipinski definition) is 5. The molecule has 4 amide bonds. The van der Waals surface area contributed by atoms with Crippen LogP contribution < -0.4 is 26.6 Å². The van der Waals surface area contributed by atoms with Crippen LogP contribution in [0.25, 0.3) is 11.1 Å². The number of nitriles is 1. The fourth-order valence-corrected chi connectivity index (χ4v) is 5.66. The molecule has 252 valence electrons. The van der Waals surface area contributed by atoms with Gasteiger partial charge in [-0.15, -0.1) is 23.2 Å². The number of thiophene rings is 1. The third-order valence-electron chi connectivity index (χ3n) is 7.70. The Morgan fingerprint density at radius 2 is 1.54 bits per heavy atom. The van der Waals surface area contributed by atoms with Gasteiger partial charge in [0.05, 0.1) is 18.1 Å². The van der Waals surface area contributed by atoms with E-state index in [9.17, 15) is 24.4 Å². The first-order chi connectivity index (χ1) is 23.0. The van der Waals surface area contributed by atoms with Crippen LogP contribution in [0, 0.1) is 29.1 Å². The normalized spacial score (nSPS) is 13.1. The van der Waals surface area contributed by atoms with E-state index >= 15 is 0 Å². The van der Waals surface area contributed by atoms with Gasteiger partial charge in [-0.1, -0.05) is 44.2 Å². The van der Waals surface area contributed by atoms with Crippen LogP contribution in [-0.4, -0.2) is 54.8 Å². The molecule has 1 aromatic heterocycles. The van der Waals surface area contributed by atoms with Crippen molar-refractivity contribution in [2.75, 3.05) is 13.1 Å². The van der Waals surface area contributed by atoms with E-state index in [4.69, 9.17) is 0 Å². The van der Waals surface area contributed by atoms with Gasteiger partial charge in [-0.3, -0.25) is 19.2 Å². The first kappa shape index (κ1) is 37.5. The zero-order chi connectivity index (χ0) is 35.2. The van der Waals surface area contributed by atoms with Gasteiger partial charge in [-0.2, -0.15) is 5.26 Å².